The lowest BCUT2D eigenvalue weighted by Crippen LogP contribution is -2.23. The lowest BCUT2D eigenvalue weighted by atomic mass is 10.1. The van der Waals surface area contributed by atoms with E-state index in [1.807, 2.05) is 74.5 Å². The normalized spacial score (nSPS) is 11.3. The van der Waals surface area contributed by atoms with Gasteiger partial charge in [0.1, 0.15) is 24.0 Å². The van der Waals surface area contributed by atoms with Crippen molar-refractivity contribution in [2.24, 2.45) is 0 Å². The van der Waals surface area contributed by atoms with Crippen LogP contribution in [0, 0.1) is 32.1 Å². The molecule has 3 aromatic carbocycles. The average Bonchev–Trinajstić information content (AvgIpc) is 3.13. The number of aromatic nitrogens is 1. The number of nitrogens with zero attached hydrogens (tertiary/aromatic N) is 2. The van der Waals surface area contributed by atoms with Crippen molar-refractivity contribution < 1.29 is 9.53 Å². The maximum absolute atomic E-state index is 12.8. The molecule has 0 bridgehead atoms. The maximum atomic E-state index is 12.8. The molecule has 176 valence electrons. The van der Waals surface area contributed by atoms with E-state index in [2.05, 4.69) is 35.0 Å². The Morgan fingerprint density at radius 2 is 1.77 bits per heavy atom. The van der Waals surface area contributed by atoms with Gasteiger partial charge < -0.3 is 14.6 Å². The monoisotopic (exact) mass is 463 g/mol. The molecule has 5 heteroatoms. The number of fused-ring (bicyclic) bond motifs is 1. The minimum atomic E-state index is -0.384. The highest BCUT2D eigenvalue weighted by atomic mass is 16.5. The predicted molar refractivity (Wildman–Crippen MR) is 140 cm³/mol. The molecule has 4 rings (SSSR count). The van der Waals surface area contributed by atoms with Gasteiger partial charge in [-0.2, -0.15) is 5.26 Å². The zero-order valence-corrected chi connectivity index (χ0v) is 20.3. The van der Waals surface area contributed by atoms with E-state index in [1.54, 1.807) is 6.08 Å². The van der Waals surface area contributed by atoms with Crippen LogP contribution in [0.5, 0.6) is 5.75 Å². The van der Waals surface area contributed by atoms with E-state index in [-0.39, 0.29) is 11.5 Å². The molecule has 0 fully saturated rings. The van der Waals surface area contributed by atoms with Crippen LogP contribution in [-0.4, -0.2) is 17.1 Å². The van der Waals surface area contributed by atoms with Crippen molar-refractivity contribution >= 4 is 22.9 Å². The van der Waals surface area contributed by atoms with Crippen molar-refractivity contribution in [3.63, 3.8) is 0 Å². The highest BCUT2D eigenvalue weighted by Crippen LogP contribution is 2.28. The number of carbonyl (C=O) groups excluding carboxylic acids is 1. The van der Waals surface area contributed by atoms with Gasteiger partial charge in [0.05, 0.1) is 6.54 Å². The number of nitriles is 1. The van der Waals surface area contributed by atoms with Crippen LogP contribution in [-0.2, 0) is 17.9 Å². The van der Waals surface area contributed by atoms with Gasteiger partial charge in [-0.05, 0) is 50.1 Å². The number of ether oxygens (including phenoxy) is 1. The number of carbonyl (C=O) groups is 1. The van der Waals surface area contributed by atoms with E-state index in [0.29, 0.717) is 19.7 Å². The van der Waals surface area contributed by atoms with Gasteiger partial charge in [0.15, 0.2) is 0 Å². The molecular formula is C30H29N3O2. The molecule has 1 amide bonds. The highest BCUT2D eigenvalue weighted by Gasteiger charge is 2.16. The first kappa shape index (κ1) is 23.8. The van der Waals surface area contributed by atoms with Crippen LogP contribution in [0.3, 0.4) is 0 Å². The Hall–Kier alpha value is -4.30. The summed E-state index contributed by atoms with van der Waals surface area (Å²) in [6, 6.07) is 25.9. The van der Waals surface area contributed by atoms with Crippen molar-refractivity contribution in [2.75, 3.05) is 6.61 Å². The number of aryl methyl sites for hydroxylation is 2. The number of amides is 1. The topological polar surface area (TPSA) is 67.0 Å². The molecule has 0 unspecified atom stereocenters. The van der Waals surface area contributed by atoms with E-state index in [9.17, 15) is 10.1 Å². The van der Waals surface area contributed by atoms with Crippen LogP contribution < -0.4 is 10.1 Å². The lowest BCUT2D eigenvalue weighted by Gasteiger charge is -2.12. The number of hydrogen-bond acceptors (Lipinski definition) is 3. The second-order valence-corrected chi connectivity index (χ2v) is 8.62. The van der Waals surface area contributed by atoms with Crippen LogP contribution in [0.4, 0.5) is 0 Å². The Morgan fingerprint density at radius 1 is 1.03 bits per heavy atom. The summed E-state index contributed by atoms with van der Waals surface area (Å²) in [6.07, 6.45) is 1.69. The summed E-state index contributed by atoms with van der Waals surface area (Å²) in [6.45, 7) is 7.66. The fourth-order valence-corrected chi connectivity index (χ4v) is 4.30. The molecular weight excluding hydrogens is 434 g/mol. The third kappa shape index (κ3) is 5.44. The molecule has 0 aliphatic carbocycles. The summed E-state index contributed by atoms with van der Waals surface area (Å²) in [4.78, 5) is 12.8. The smallest absolute Gasteiger partial charge is 0.262 e. The molecule has 0 atom stereocenters. The van der Waals surface area contributed by atoms with Gasteiger partial charge in [-0.15, -0.1) is 0 Å². The van der Waals surface area contributed by atoms with E-state index >= 15 is 0 Å². The summed E-state index contributed by atoms with van der Waals surface area (Å²) >= 11 is 0. The van der Waals surface area contributed by atoms with Crippen molar-refractivity contribution in [3.05, 3.63) is 106 Å². The van der Waals surface area contributed by atoms with Crippen molar-refractivity contribution in [1.82, 2.24) is 9.88 Å². The quantitative estimate of drug-likeness (QED) is 0.263. The average molecular weight is 464 g/mol. The Labute approximate surface area is 206 Å². The molecule has 0 aliphatic rings. The molecule has 1 heterocycles. The second kappa shape index (κ2) is 10.8. The highest BCUT2D eigenvalue weighted by molar-refractivity contribution is 6.04. The van der Waals surface area contributed by atoms with Crippen LogP contribution >= 0.6 is 0 Å². The Morgan fingerprint density at radius 3 is 2.51 bits per heavy atom. The summed E-state index contributed by atoms with van der Waals surface area (Å²) in [5.41, 5.74) is 6.29. The van der Waals surface area contributed by atoms with Gasteiger partial charge in [-0.1, -0.05) is 66.2 Å². The molecule has 35 heavy (non-hydrogen) atoms. The Bertz CT molecular complexity index is 1430. The van der Waals surface area contributed by atoms with Crippen molar-refractivity contribution in [1.29, 1.82) is 5.26 Å². The van der Waals surface area contributed by atoms with Crippen molar-refractivity contribution in [2.45, 2.75) is 33.9 Å². The summed E-state index contributed by atoms with van der Waals surface area (Å²) < 4.78 is 8.25. The third-order valence-electron chi connectivity index (χ3n) is 6.13. The van der Waals surface area contributed by atoms with Crippen LogP contribution in [0.15, 0.2) is 78.4 Å². The number of rotatable bonds is 8. The van der Waals surface area contributed by atoms with E-state index in [4.69, 9.17) is 4.74 Å². The molecule has 0 aliphatic heterocycles. The lowest BCUT2D eigenvalue weighted by molar-refractivity contribution is -0.117. The molecule has 0 saturated carbocycles. The van der Waals surface area contributed by atoms with Gasteiger partial charge in [0.2, 0.25) is 0 Å². The third-order valence-corrected chi connectivity index (χ3v) is 6.13. The number of nitrogens with one attached hydrogen (secondary N) is 1. The fourth-order valence-electron chi connectivity index (χ4n) is 4.30. The molecule has 0 spiro atoms. The summed E-state index contributed by atoms with van der Waals surface area (Å²) in [5.74, 6) is 0.498. The standard InChI is InChI=1S/C30H29N3O2/c1-21-13-14-29(22(2)17-21)35-16-15-33-23(3)27(26-11-7-8-12-28(26)33)18-25(19-31)30(34)32-20-24-9-5-4-6-10-24/h4-14,17-18H,15-16,20H2,1-3H3,(H,32,34)/b25-18+. The SMILES string of the molecule is Cc1ccc(OCCn2c(C)c(/C=C(\C#N)C(=O)NCc3ccccc3)c3ccccc32)c(C)c1. The van der Waals surface area contributed by atoms with Crippen LogP contribution in [0.1, 0.15) is 27.9 Å². The Balaban J connectivity index is 1.56. The number of benzene rings is 3. The van der Waals surface area contributed by atoms with Crippen LogP contribution in [0.25, 0.3) is 17.0 Å². The second-order valence-electron chi connectivity index (χ2n) is 8.62. The minimum absolute atomic E-state index is 0.0819. The molecule has 5 nitrogen and oxygen atoms in total. The van der Waals surface area contributed by atoms with Gasteiger partial charge in [0, 0.05) is 28.7 Å². The summed E-state index contributed by atoms with van der Waals surface area (Å²) in [7, 11) is 0. The maximum Gasteiger partial charge on any atom is 0.262 e. The molecule has 1 N–H and O–H groups in total. The predicted octanol–water partition coefficient (Wildman–Crippen LogP) is 5.87. The number of hydrogen-bond donors (Lipinski definition) is 1. The molecule has 0 radical (unpaired) electrons. The first-order valence-corrected chi connectivity index (χ1v) is 11.7. The number of para-hydroxylation sites is 1. The van der Waals surface area contributed by atoms with Gasteiger partial charge in [-0.3, -0.25) is 4.79 Å². The van der Waals surface area contributed by atoms with E-state index in [0.717, 1.165) is 39.0 Å². The minimum Gasteiger partial charge on any atom is -0.491 e. The first-order chi connectivity index (χ1) is 17.0. The van der Waals surface area contributed by atoms with E-state index in [1.165, 1.54) is 5.56 Å². The molecule has 1 aromatic heterocycles. The molecule has 4 aromatic rings. The van der Waals surface area contributed by atoms with Gasteiger partial charge >= 0.3 is 0 Å². The van der Waals surface area contributed by atoms with E-state index < -0.39 is 0 Å². The largest absolute Gasteiger partial charge is 0.491 e. The fraction of sp³-hybridized carbons (Fsp3) is 0.200. The first-order valence-electron chi connectivity index (χ1n) is 11.7. The zero-order valence-electron chi connectivity index (χ0n) is 20.3. The van der Waals surface area contributed by atoms with Gasteiger partial charge in [0.25, 0.3) is 5.91 Å². The zero-order chi connectivity index (χ0) is 24.8. The van der Waals surface area contributed by atoms with Crippen LogP contribution in [0.2, 0.25) is 0 Å². The Kier molecular flexibility index (Phi) is 7.32. The molecule has 0 saturated heterocycles. The van der Waals surface area contributed by atoms with Gasteiger partial charge in [-0.25, -0.2) is 0 Å². The summed E-state index contributed by atoms with van der Waals surface area (Å²) in [5, 5.41) is 13.6. The van der Waals surface area contributed by atoms with Crippen molar-refractivity contribution in [3.8, 4) is 11.8 Å².